The third kappa shape index (κ3) is 26.5. The van der Waals surface area contributed by atoms with E-state index < -0.39 is 57.7 Å². The van der Waals surface area contributed by atoms with Gasteiger partial charge >= 0.3 is 25.7 Å². The number of carbonyl (C=O) groups is 3. The minimum absolute atomic E-state index is 0.0737. The Hall–Kier alpha value is -2.82. The molecule has 0 aliphatic heterocycles. The quantitative estimate of drug-likeness (QED) is 0.0438. The zero-order valence-electron chi connectivity index (χ0n) is 25.5. The number of aliphatic carboxylic acids is 1. The molecule has 4 N–H and O–H groups in total. The molecule has 0 aliphatic rings. The first-order chi connectivity index (χ1) is 20.6. The summed E-state index contributed by atoms with van der Waals surface area (Å²) in [6.07, 6.45) is 27.0. The van der Waals surface area contributed by atoms with Crippen LogP contribution < -0.4 is 5.73 Å². The van der Waals surface area contributed by atoms with Gasteiger partial charge in [-0.2, -0.15) is 0 Å². The number of phosphoric ester groups is 1. The van der Waals surface area contributed by atoms with E-state index in [9.17, 15) is 23.8 Å². The largest absolute Gasteiger partial charge is 0.480 e. The number of unbranched alkanes of at least 4 members (excludes halogenated alkanes) is 3. The molecule has 3 unspecified atom stereocenters. The number of carbonyl (C=O) groups excluding carboxylic acids is 2. The summed E-state index contributed by atoms with van der Waals surface area (Å²) in [7, 11) is -4.72. The van der Waals surface area contributed by atoms with Crippen LogP contribution in [0.5, 0.6) is 0 Å². The second-order valence-corrected chi connectivity index (χ2v) is 11.0. The molecule has 0 aromatic carbocycles. The molecule has 0 saturated carbocycles. The lowest BCUT2D eigenvalue weighted by molar-refractivity contribution is -0.160. The van der Waals surface area contributed by atoms with Crippen LogP contribution in [0.1, 0.15) is 84.5 Å². The Labute approximate surface area is 256 Å². The average Bonchev–Trinajstić information content (AvgIpc) is 2.97. The molecule has 0 amide bonds. The molecule has 0 aliphatic carbocycles. The fourth-order valence-electron chi connectivity index (χ4n) is 3.20. The summed E-state index contributed by atoms with van der Waals surface area (Å²) in [4.78, 5) is 45.0. The molecular weight excluding hydrogens is 577 g/mol. The first kappa shape index (κ1) is 40.2. The van der Waals surface area contributed by atoms with Gasteiger partial charge in [-0.3, -0.25) is 23.4 Å². The van der Waals surface area contributed by atoms with Gasteiger partial charge in [-0.15, -0.1) is 0 Å². The molecule has 11 nitrogen and oxygen atoms in total. The maximum atomic E-state index is 12.3. The van der Waals surface area contributed by atoms with Crippen LogP contribution in [0.25, 0.3) is 0 Å². The Bertz CT molecular complexity index is 974. The Balaban J connectivity index is 4.66. The summed E-state index contributed by atoms with van der Waals surface area (Å²) < 4.78 is 32.0. The van der Waals surface area contributed by atoms with Crippen LogP contribution in [0.3, 0.4) is 0 Å². The molecule has 0 saturated heterocycles. The van der Waals surface area contributed by atoms with Crippen molar-refractivity contribution in [1.29, 1.82) is 0 Å². The first-order valence-electron chi connectivity index (χ1n) is 14.8. The molecule has 0 heterocycles. The predicted molar refractivity (Wildman–Crippen MR) is 166 cm³/mol. The molecule has 244 valence electrons. The average molecular weight is 628 g/mol. The van der Waals surface area contributed by atoms with E-state index in [0.29, 0.717) is 12.8 Å². The van der Waals surface area contributed by atoms with Crippen LogP contribution >= 0.6 is 7.82 Å². The fraction of sp³-hybridized carbons (Fsp3) is 0.581. The van der Waals surface area contributed by atoms with Crippen LogP contribution in [-0.4, -0.2) is 59.9 Å². The summed E-state index contributed by atoms with van der Waals surface area (Å²) in [5.41, 5.74) is 5.26. The molecule has 0 rings (SSSR count). The van der Waals surface area contributed by atoms with E-state index in [-0.39, 0.29) is 12.8 Å². The zero-order valence-corrected chi connectivity index (χ0v) is 26.4. The number of allylic oxidation sites excluding steroid dienone is 9. The van der Waals surface area contributed by atoms with Crippen molar-refractivity contribution < 1.29 is 47.5 Å². The third-order valence-corrected chi connectivity index (χ3v) is 6.51. The SMILES string of the molecule is CC/C=C\C/C=C\C/C=C\C/C=C\C/C=C\CC(=O)OC(COC(=O)CCCCCC)COP(=O)(O)OCC(N)C(=O)O. The third-order valence-electron chi connectivity index (χ3n) is 5.56. The van der Waals surface area contributed by atoms with Gasteiger partial charge in [0.1, 0.15) is 12.6 Å². The summed E-state index contributed by atoms with van der Waals surface area (Å²) in [5.74, 6) is -2.57. The summed E-state index contributed by atoms with van der Waals surface area (Å²) in [5, 5.41) is 8.78. The van der Waals surface area contributed by atoms with E-state index in [4.69, 9.17) is 24.8 Å². The van der Waals surface area contributed by atoms with Gasteiger partial charge in [0.15, 0.2) is 6.10 Å². The second-order valence-electron chi connectivity index (χ2n) is 9.52. The van der Waals surface area contributed by atoms with Gasteiger partial charge in [0.2, 0.25) is 0 Å². The van der Waals surface area contributed by atoms with Gasteiger partial charge in [0.25, 0.3) is 0 Å². The van der Waals surface area contributed by atoms with E-state index in [2.05, 4.69) is 54.8 Å². The molecule has 3 atom stereocenters. The Morgan fingerprint density at radius 2 is 1.28 bits per heavy atom. The number of hydrogen-bond donors (Lipinski definition) is 3. The standard InChI is InChI=1S/C31H50NO10P/c1-3-5-7-9-10-11-12-13-14-15-16-17-18-19-21-23-30(34)42-27(24-39-29(33)22-20-8-6-4-2)25-40-43(37,38)41-26-28(32)31(35)36/h5,7,10-11,13-14,16-17,19,21,27-28H,3-4,6,8-9,12,15,18,20,22-26,32H2,1-2H3,(H,35,36)(H,37,38)/b7-5-,11-10-,14-13-,17-16-,21-19-. The number of ether oxygens (including phenoxy) is 2. The van der Waals surface area contributed by atoms with Crippen molar-refractivity contribution in [2.45, 2.75) is 96.6 Å². The molecule has 0 radical (unpaired) electrons. The summed E-state index contributed by atoms with van der Waals surface area (Å²) >= 11 is 0. The number of nitrogens with two attached hydrogens (primary N) is 1. The topological polar surface area (TPSA) is 172 Å². The van der Waals surface area contributed by atoms with Crippen LogP contribution in [0.4, 0.5) is 0 Å². The van der Waals surface area contributed by atoms with Crippen molar-refractivity contribution in [2.75, 3.05) is 19.8 Å². The van der Waals surface area contributed by atoms with E-state index in [0.717, 1.165) is 44.9 Å². The van der Waals surface area contributed by atoms with Crippen molar-refractivity contribution in [3.05, 3.63) is 60.8 Å². The first-order valence-corrected chi connectivity index (χ1v) is 16.3. The number of carboxylic acids is 1. The highest BCUT2D eigenvalue weighted by Gasteiger charge is 2.28. The van der Waals surface area contributed by atoms with Crippen molar-refractivity contribution in [1.82, 2.24) is 0 Å². The highest BCUT2D eigenvalue weighted by atomic mass is 31.2. The minimum atomic E-state index is -4.72. The molecule has 12 heteroatoms. The lowest BCUT2D eigenvalue weighted by atomic mass is 10.2. The Kier molecular flexibility index (Phi) is 25.0. The second kappa shape index (κ2) is 26.8. The van der Waals surface area contributed by atoms with Crippen molar-refractivity contribution in [2.24, 2.45) is 5.73 Å². The van der Waals surface area contributed by atoms with Crippen LogP contribution in [-0.2, 0) is 37.5 Å². The molecule has 43 heavy (non-hydrogen) atoms. The van der Waals surface area contributed by atoms with Gasteiger partial charge in [-0.1, -0.05) is 93.9 Å². The van der Waals surface area contributed by atoms with Crippen LogP contribution in [0.15, 0.2) is 60.8 Å². The van der Waals surface area contributed by atoms with E-state index in [1.165, 1.54) is 0 Å². The van der Waals surface area contributed by atoms with E-state index in [1.54, 1.807) is 12.2 Å². The number of rotatable bonds is 26. The minimum Gasteiger partial charge on any atom is -0.480 e. The smallest absolute Gasteiger partial charge is 0.472 e. The number of phosphoric acid groups is 1. The lowest BCUT2D eigenvalue weighted by Gasteiger charge is -2.20. The molecule has 0 fully saturated rings. The molecule has 0 aromatic rings. The van der Waals surface area contributed by atoms with E-state index in [1.807, 2.05) is 12.2 Å². The number of esters is 2. The highest BCUT2D eigenvalue weighted by Crippen LogP contribution is 2.43. The molecular formula is C31H50NO10P. The number of hydrogen-bond acceptors (Lipinski definition) is 9. The molecule has 0 bridgehead atoms. The zero-order chi connectivity index (χ0) is 32.2. The summed E-state index contributed by atoms with van der Waals surface area (Å²) in [6.45, 7) is 2.37. The number of carboxylic acid groups (broad SMARTS) is 1. The van der Waals surface area contributed by atoms with Crippen molar-refractivity contribution >= 4 is 25.7 Å². The summed E-state index contributed by atoms with van der Waals surface area (Å²) in [6, 6.07) is -1.53. The van der Waals surface area contributed by atoms with Crippen LogP contribution in [0.2, 0.25) is 0 Å². The Morgan fingerprint density at radius 3 is 1.81 bits per heavy atom. The molecule has 0 aromatic heterocycles. The predicted octanol–water partition coefficient (Wildman–Crippen LogP) is 6.10. The Morgan fingerprint density at radius 1 is 0.744 bits per heavy atom. The normalized spacial score (nSPS) is 15.1. The molecule has 0 spiro atoms. The van der Waals surface area contributed by atoms with Gasteiger partial charge < -0.3 is 25.2 Å². The highest BCUT2D eigenvalue weighted by molar-refractivity contribution is 7.47. The van der Waals surface area contributed by atoms with Crippen LogP contribution in [0, 0.1) is 0 Å². The van der Waals surface area contributed by atoms with Gasteiger partial charge in [0, 0.05) is 6.42 Å². The maximum Gasteiger partial charge on any atom is 0.472 e. The lowest BCUT2D eigenvalue weighted by Crippen LogP contribution is -2.34. The van der Waals surface area contributed by atoms with Gasteiger partial charge in [0.05, 0.1) is 19.6 Å². The fourth-order valence-corrected chi connectivity index (χ4v) is 3.97. The van der Waals surface area contributed by atoms with Gasteiger partial charge in [-0.25, -0.2) is 4.57 Å². The maximum absolute atomic E-state index is 12.3. The van der Waals surface area contributed by atoms with E-state index >= 15 is 0 Å². The monoisotopic (exact) mass is 627 g/mol. The van der Waals surface area contributed by atoms with Crippen molar-refractivity contribution in [3.8, 4) is 0 Å². The van der Waals surface area contributed by atoms with Gasteiger partial charge in [-0.05, 0) is 38.5 Å². The van der Waals surface area contributed by atoms with Crippen molar-refractivity contribution in [3.63, 3.8) is 0 Å².